The van der Waals surface area contributed by atoms with Crippen molar-refractivity contribution >= 4 is 23.0 Å². The van der Waals surface area contributed by atoms with Gasteiger partial charge in [0.2, 0.25) is 5.91 Å². The van der Waals surface area contributed by atoms with Gasteiger partial charge in [-0.1, -0.05) is 24.3 Å². The second kappa shape index (κ2) is 19.6. The summed E-state index contributed by atoms with van der Waals surface area (Å²) in [4.78, 5) is 35.1. The Hall–Kier alpha value is -3.79. The predicted octanol–water partition coefficient (Wildman–Crippen LogP) is 7.33. The zero-order chi connectivity index (χ0) is 39.7. The molecule has 3 aliphatic heterocycles. The first-order valence-electron chi connectivity index (χ1n) is 20.7. The summed E-state index contributed by atoms with van der Waals surface area (Å²) >= 11 is 0. The molecule has 1 unspecified atom stereocenters. The Kier molecular flexibility index (Phi) is 14.6. The second-order valence-electron chi connectivity index (χ2n) is 16.6. The molecule has 2 aromatic carbocycles. The third-order valence-electron chi connectivity index (χ3n) is 12.7. The van der Waals surface area contributed by atoms with Gasteiger partial charge in [0, 0.05) is 57.4 Å². The van der Waals surface area contributed by atoms with Crippen LogP contribution in [0.4, 0.5) is 23.2 Å². The molecule has 1 amide bonds. The summed E-state index contributed by atoms with van der Waals surface area (Å²) in [6.45, 7) is 10.3. The summed E-state index contributed by atoms with van der Waals surface area (Å²) in [6, 6.07) is 13.5. The summed E-state index contributed by atoms with van der Waals surface area (Å²) in [5.74, 6) is -0.404. The molecule has 1 aliphatic carbocycles. The van der Waals surface area contributed by atoms with Crippen LogP contribution in [-0.2, 0) is 15.8 Å². The lowest BCUT2D eigenvalue weighted by Gasteiger charge is -2.38. The highest BCUT2D eigenvalue weighted by Crippen LogP contribution is 2.35. The molecule has 56 heavy (non-hydrogen) atoms. The van der Waals surface area contributed by atoms with Gasteiger partial charge in [-0.25, -0.2) is 4.39 Å². The van der Waals surface area contributed by atoms with Gasteiger partial charge < -0.3 is 10.2 Å². The van der Waals surface area contributed by atoms with Gasteiger partial charge >= 0.3 is 6.18 Å². The number of ketones is 1. The van der Waals surface area contributed by atoms with Crippen LogP contribution in [0.3, 0.4) is 0 Å². The van der Waals surface area contributed by atoms with E-state index in [1.807, 2.05) is 17.0 Å². The summed E-state index contributed by atoms with van der Waals surface area (Å²) in [7, 11) is 0. The number of nitrogens with zero attached hydrogens (tertiary/aromatic N) is 5. The Morgan fingerprint density at radius 1 is 0.839 bits per heavy atom. The van der Waals surface area contributed by atoms with Gasteiger partial charge in [0.05, 0.1) is 18.2 Å². The number of aryl methyl sites for hydroxylation is 1. The van der Waals surface area contributed by atoms with E-state index in [2.05, 4.69) is 32.2 Å². The van der Waals surface area contributed by atoms with Crippen molar-refractivity contribution in [3.8, 4) is 6.07 Å². The van der Waals surface area contributed by atoms with Crippen LogP contribution in [0.2, 0.25) is 0 Å². The molecule has 12 heteroatoms. The zero-order valence-corrected chi connectivity index (χ0v) is 32.8. The van der Waals surface area contributed by atoms with Crippen molar-refractivity contribution in [1.82, 2.24) is 20.0 Å². The van der Waals surface area contributed by atoms with Crippen LogP contribution >= 0.6 is 0 Å². The van der Waals surface area contributed by atoms with Gasteiger partial charge in [0.25, 0.3) is 0 Å². The Labute approximate surface area is 329 Å². The number of carbonyl (C=O) groups excluding carboxylic acids is 2. The number of benzene rings is 2. The zero-order valence-electron chi connectivity index (χ0n) is 32.8. The highest BCUT2D eigenvalue weighted by Gasteiger charge is 2.33. The predicted molar refractivity (Wildman–Crippen MR) is 211 cm³/mol. The minimum absolute atomic E-state index is 0.0449. The lowest BCUT2D eigenvalue weighted by molar-refractivity contribution is -0.138. The number of amides is 1. The first-order valence-corrected chi connectivity index (χ1v) is 20.7. The van der Waals surface area contributed by atoms with Gasteiger partial charge in [0.1, 0.15) is 17.5 Å². The third-order valence-corrected chi connectivity index (χ3v) is 12.7. The van der Waals surface area contributed by atoms with Crippen molar-refractivity contribution < 1.29 is 27.2 Å². The van der Waals surface area contributed by atoms with Gasteiger partial charge in [-0.3, -0.25) is 24.3 Å². The normalized spacial score (nSPS) is 22.6. The minimum atomic E-state index is -4.35. The monoisotopic (exact) mass is 778 g/mol. The van der Waals surface area contributed by atoms with Crippen LogP contribution in [0.5, 0.6) is 0 Å². The number of piperazine rings is 1. The van der Waals surface area contributed by atoms with E-state index in [4.69, 9.17) is 0 Å². The van der Waals surface area contributed by atoms with Crippen LogP contribution in [0.25, 0.3) is 5.57 Å². The number of likely N-dealkylation sites (tertiary alicyclic amines) is 1. The number of Topliss-reactive ketones (excluding diaryl/α,β-unsaturated/α-hetero) is 1. The van der Waals surface area contributed by atoms with E-state index in [0.29, 0.717) is 30.6 Å². The van der Waals surface area contributed by atoms with Crippen molar-refractivity contribution in [2.45, 2.75) is 83.4 Å². The number of hydrogen-bond acceptors (Lipinski definition) is 7. The average molecular weight is 779 g/mol. The number of nitriles is 1. The quantitative estimate of drug-likeness (QED) is 0.201. The molecule has 2 aromatic rings. The van der Waals surface area contributed by atoms with Gasteiger partial charge in [-0.15, -0.1) is 0 Å². The van der Waals surface area contributed by atoms with E-state index >= 15 is 0 Å². The highest BCUT2D eigenvalue weighted by molar-refractivity contribution is 5.89. The number of piperidine rings is 1. The SMILES string of the molecule is Cc1ccc(N2CCN(CCC3CCN(CC(=O)CC(C#N)C(=O)NC4CCC(CCN5CC=C(c6ccc(F)cc6)CC5)CC4)CC3)CC2)cc1C(F)(F)F. The third kappa shape index (κ3) is 11.9. The Bertz CT molecular complexity index is 1680. The van der Waals surface area contributed by atoms with E-state index in [1.165, 1.54) is 30.7 Å². The Balaban J connectivity index is 0.819. The number of carbonyl (C=O) groups is 2. The molecule has 0 spiro atoms. The average Bonchev–Trinajstić information content (AvgIpc) is 3.20. The van der Waals surface area contributed by atoms with Crippen LogP contribution < -0.4 is 10.2 Å². The lowest BCUT2D eigenvalue weighted by atomic mass is 9.83. The summed E-state index contributed by atoms with van der Waals surface area (Å²) in [5.41, 5.74) is 2.69. The van der Waals surface area contributed by atoms with Crippen molar-refractivity contribution in [3.05, 3.63) is 71.0 Å². The molecule has 2 saturated heterocycles. The van der Waals surface area contributed by atoms with E-state index in [1.54, 1.807) is 12.1 Å². The van der Waals surface area contributed by atoms with Crippen LogP contribution in [0.1, 0.15) is 80.9 Å². The summed E-state index contributed by atoms with van der Waals surface area (Å²) < 4.78 is 53.5. The van der Waals surface area contributed by atoms with Crippen LogP contribution in [0, 0.1) is 41.8 Å². The van der Waals surface area contributed by atoms with Crippen LogP contribution in [0.15, 0.2) is 48.5 Å². The van der Waals surface area contributed by atoms with E-state index < -0.39 is 17.7 Å². The molecule has 304 valence electrons. The maximum Gasteiger partial charge on any atom is 0.416 e. The molecule has 6 rings (SSSR count). The fraction of sp³-hybridized carbons (Fsp3) is 0.614. The van der Waals surface area contributed by atoms with Gasteiger partial charge in [0.15, 0.2) is 0 Å². The Morgan fingerprint density at radius 2 is 1.50 bits per heavy atom. The smallest absolute Gasteiger partial charge is 0.369 e. The first kappa shape index (κ1) is 41.8. The molecule has 1 saturated carbocycles. The summed E-state index contributed by atoms with van der Waals surface area (Å²) in [6.07, 6.45) is 6.85. The van der Waals surface area contributed by atoms with Crippen molar-refractivity contribution in [2.24, 2.45) is 17.8 Å². The number of hydrogen-bond donors (Lipinski definition) is 1. The molecule has 4 aliphatic rings. The fourth-order valence-corrected chi connectivity index (χ4v) is 8.98. The van der Waals surface area contributed by atoms with Gasteiger partial charge in [-0.2, -0.15) is 18.4 Å². The minimum Gasteiger partial charge on any atom is -0.369 e. The number of alkyl halides is 3. The molecule has 0 bridgehead atoms. The van der Waals surface area contributed by atoms with E-state index in [9.17, 15) is 32.4 Å². The molecular weight excluding hydrogens is 721 g/mol. The highest BCUT2D eigenvalue weighted by atomic mass is 19.4. The molecule has 1 N–H and O–H groups in total. The largest absolute Gasteiger partial charge is 0.416 e. The number of anilines is 1. The van der Waals surface area contributed by atoms with E-state index in [0.717, 1.165) is 116 Å². The van der Waals surface area contributed by atoms with Gasteiger partial charge in [-0.05, 0) is 144 Å². The maximum atomic E-state index is 13.4. The molecule has 0 radical (unpaired) electrons. The molecule has 8 nitrogen and oxygen atoms in total. The second-order valence-corrected chi connectivity index (χ2v) is 16.6. The molecule has 3 fully saturated rings. The van der Waals surface area contributed by atoms with Crippen molar-refractivity contribution in [2.75, 3.05) is 76.9 Å². The molecule has 1 atom stereocenters. The number of halogens is 4. The number of nitrogens with one attached hydrogen (secondary N) is 1. The van der Waals surface area contributed by atoms with Crippen molar-refractivity contribution in [1.29, 1.82) is 5.26 Å². The maximum absolute atomic E-state index is 13.4. The lowest BCUT2D eigenvalue weighted by Crippen LogP contribution is -2.47. The number of rotatable bonds is 14. The summed E-state index contributed by atoms with van der Waals surface area (Å²) in [5, 5.41) is 12.9. The van der Waals surface area contributed by atoms with Crippen molar-refractivity contribution in [3.63, 3.8) is 0 Å². The molecule has 3 heterocycles. The topological polar surface area (TPSA) is 82.9 Å². The fourth-order valence-electron chi connectivity index (χ4n) is 8.98. The first-order chi connectivity index (χ1) is 26.9. The molecule has 0 aromatic heterocycles. The van der Waals surface area contributed by atoms with Crippen LogP contribution in [-0.4, -0.2) is 104 Å². The molecular formula is C44H58F4N6O2. The van der Waals surface area contributed by atoms with E-state index in [-0.39, 0.29) is 42.1 Å². The standard InChI is InChI=1S/C44H58F4N6O2/c1-32-2-11-40(29-42(32)44(46,47)48)54-26-24-52(25-27-54)19-13-34-14-20-53(21-15-34)31-41(55)28-37(30-49)43(56)50-39-9-3-33(4-10-39)12-18-51-22-16-36(17-23-51)35-5-7-38(45)8-6-35/h2,5-8,11,16,29,33-34,37,39H,3-4,9-10,12-15,17-28,31H2,1H3,(H,50,56). The Morgan fingerprint density at radius 3 is 2.12 bits per heavy atom.